The quantitative estimate of drug-likeness (QED) is 0.903. The van der Waals surface area contributed by atoms with Crippen molar-refractivity contribution in [3.05, 3.63) is 9.47 Å². The van der Waals surface area contributed by atoms with Crippen molar-refractivity contribution in [3.63, 3.8) is 0 Å². The number of halogens is 1. The molecule has 4 nitrogen and oxygen atoms in total. The molecule has 6 heteroatoms. The molecule has 0 unspecified atom stereocenters. The van der Waals surface area contributed by atoms with Crippen molar-refractivity contribution in [2.45, 2.75) is 26.7 Å². The highest BCUT2D eigenvalue weighted by molar-refractivity contribution is 7.17. The molecule has 0 bridgehead atoms. The molecule has 1 N–H and O–H groups in total. The molecule has 2 rings (SSSR count). The number of nitrogens with one attached hydrogen (secondary N) is 1. The van der Waals surface area contributed by atoms with Crippen molar-refractivity contribution in [3.8, 4) is 0 Å². The summed E-state index contributed by atoms with van der Waals surface area (Å²) in [5.74, 6) is 0.433. The Morgan fingerprint density at radius 1 is 1.56 bits per heavy atom. The van der Waals surface area contributed by atoms with Crippen LogP contribution in [0, 0.1) is 11.3 Å². The lowest BCUT2D eigenvalue weighted by atomic mass is 9.92. The van der Waals surface area contributed by atoms with Crippen LogP contribution in [-0.2, 0) is 0 Å². The smallest absolute Gasteiger partial charge is 0.282 e. The van der Waals surface area contributed by atoms with Crippen LogP contribution in [0.4, 0.5) is 0 Å². The summed E-state index contributed by atoms with van der Waals surface area (Å²) in [6.07, 6.45) is 2.39. The zero-order valence-corrected chi connectivity index (χ0v) is 10.9. The van der Waals surface area contributed by atoms with Gasteiger partial charge in [-0.15, -0.1) is 10.2 Å². The lowest BCUT2D eigenvalue weighted by molar-refractivity contribution is 0.0938. The molecule has 1 fully saturated rings. The highest BCUT2D eigenvalue weighted by atomic mass is 35.5. The molecular weight excluding hydrogens is 246 g/mol. The fourth-order valence-electron chi connectivity index (χ4n) is 1.75. The van der Waals surface area contributed by atoms with Crippen LogP contribution in [0.2, 0.25) is 4.47 Å². The van der Waals surface area contributed by atoms with E-state index in [0.29, 0.717) is 20.8 Å². The largest absolute Gasteiger partial charge is 0.349 e. The molecule has 0 atom stereocenters. The molecular formula is C10H14ClN3OS. The normalized spacial score (nSPS) is 17.5. The SMILES string of the molecule is CC(C)C1(CNC(=O)c2nnc(Cl)s2)CC1. The van der Waals surface area contributed by atoms with E-state index < -0.39 is 0 Å². The fraction of sp³-hybridized carbons (Fsp3) is 0.700. The standard InChI is InChI=1S/C10H14ClN3OS/c1-6(2)10(3-4-10)5-12-7(15)8-13-14-9(11)16-8/h6H,3-5H2,1-2H3,(H,12,15). The van der Waals surface area contributed by atoms with Gasteiger partial charge in [-0.05, 0) is 35.8 Å². The summed E-state index contributed by atoms with van der Waals surface area (Å²) in [6.45, 7) is 5.11. The molecule has 1 heterocycles. The molecule has 1 aromatic rings. The van der Waals surface area contributed by atoms with Gasteiger partial charge in [0.05, 0.1) is 0 Å². The molecule has 1 saturated carbocycles. The number of aromatic nitrogens is 2. The van der Waals surface area contributed by atoms with Crippen LogP contribution in [0.15, 0.2) is 0 Å². The van der Waals surface area contributed by atoms with E-state index in [-0.39, 0.29) is 5.91 Å². The zero-order valence-electron chi connectivity index (χ0n) is 9.29. The van der Waals surface area contributed by atoms with Crippen LogP contribution in [0.25, 0.3) is 0 Å². The second kappa shape index (κ2) is 4.30. The third-order valence-corrected chi connectivity index (χ3v) is 4.33. The van der Waals surface area contributed by atoms with E-state index in [1.54, 1.807) is 0 Å². The first-order chi connectivity index (χ1) is 7.53. The number of carbonyl (C=O) groups is 1. The Bertz CT molecular complexity index is 401. The Hall–Kier alpha value is -0.680. The van der Waals surface area contributed by atoms with Crippen LogP contribution in [0.3, 0.4) is 0 Å². The topological polar surface area (TPSA) is 54.9 Å². The Morgan fingerprint density at radius 3 is 2.69 bits per heavy atom. The van der Waals surface area contributed by atoms with Gasteiger partial charge in [0.25, 0.3) is 5.91 Å². The van der Waals surface area contributed by atoms with E-state index in [1.807, 2.05) is 0 Å². The van der Waals surface area contributed by atoms with Crippen LogP contribution in [-0.4, -0.2) is 22.6 Å². The van der Waals surface area contributed by atoms with E-state index in [2.05, 4.69) is 29.4 Å². The highest BCUT2D eigenvalue weighted by Gasteiger charge is 2.45. The molecule has 0 saturated heterocycles. The number of amides is 1. The summed E-state index contributed by atoms with van der Waals surface area (Å²) >= 11 is 6.73. The molecule has 0 aliphatic heterocycles. The number of hydrogen-bond donors (Lipinski definition) is 1. The van der Waals surface area contributed by atoms with Gasteiger partial charge >= 0.3 is 0 Å². The summed E-state index contributed by atoms with van der Waals surface area (Å²) in [4.78, 5) is 11.7. The van der Waals surface area contributed by atoms with E-state index in [0.717, 1.165) is 17.9 Å². The monoisotopic (exact) mass is 259 g/mol. The van der Waals surface area contributed by atoms with Crippen LogP contribution in [0.1, 0.15) is 36.5 Å². The second-order valence-electron chi connectivity index (χ2n) is 4.56. The first kappa shape index (κ1) is 11.8. The van der Waals surface area contributed by atoms with Crippen LogP contribution < -0.4 is 5.32 Å². The molecule has 1 aliphatic rings. The van der Waals surface area contributed by atoms with E-state index in [1.165, 1.54) is 12.8 Å². The van der Waals surface area contributed by atoms with Gasteiger partial charge in [-0.3, -0.25) is 4.79 Å². The number of carbonyl (C=O) groups excluding carboxylic acids is 1. The Balaban J connectivity index is 1.89. The lowest BCUT2D eigenvalue weighted by Gasteiger charge is -2.19. The molecule has 1 aromatic heterocycles. The van der Waals surface area contributed by atoms with E-state index >= 15 is 0 Å². The Morgan fingerprint density at radius 2 is 2.25 bits per heavy atom. The average molecular weight is 260 g/mol. The lowest BCUT2D eigenvalue weighted by Crippen LogP contribution is -2.32. The predicted molar refractivity (Wildman–Crippen MR) is 63.8 cm³/mol. The second-order valence-corrected chi connectivity index (χ2v) is 6.12. The van der Waals surface area contributed by atoms with Gasteiger partial charge in [0, 0.05) is 6.54 Å². The van der Waals surface area contributed by atoms with Crippen molar-refractivity contribution in [1.29, 1.82) is 0 Å². The van der Waals surface area contributed by atoms with Gasteiger partial charge in [-0.25, -0.2) is 0 Å². The minimum atomic E-state index is -0.170. The van der Waals surface area contributed by atoms with Crippen molar-refractivity contribution in [2.24, 2.45) is 11.3 Å². The molecule has 16 heavy (non-hydrogen) atoms. The maximum absolute atomic E-state index is 11.7. The van der Waals surface area contributed by atoms with Crippen molar-refractivity contribution >= 4 is 28.8 Å². The zero-order chi connectivity index (χ0) is 11.8. The molecule has 1 aliphatic carbocycles. The van der Waals surface area contributed by atoms with Crippen LogP contribution in [0.5, 0.6) is 0 Å². The first-order valence-corrected chi connectivity index (χ1v) is 6.50. The Labute approximate surface area is 103 Å². The third-order valence-electron chi connectivity index (χ3n) is 3.31. The summed E-state index contributed by atoms with van der Waals surface area (Å²) in [7, 11) is 0. The third kappa shape index (κ3) is 2.35. The molecule has 1 amide bonds. The summed E-state index contributed by atoms with van der Waals surface area (Å²) < 4.78 is 0.301. The van der Waals surface area contributed by atoms with Gasteiger partial charge in [0.2, 0.25) is 9.47 Å². The van der Waals surface area contributed by atoms with Crippen molar-refractivity contribution in [1.82, 2.24) is 15.5 Å². The fourth-order valence-corrected chi connectivity index (χ4v) is 2.49. The summed E-state index contributed by atoms with van der Waals surface area (Å²) in [5.41, 5.74) is 0.310. The predicted octanol–water partition coefficient (Wildman–Crippen LogP) is 2.36. The van der Waals surface area contributed by atoms with Crippen LogP contribution >= 0.6 is 22.9 Å². The molecule has 0 aromatic carbocycles. The molecule has 0 spiro atoms. The summed E-state index contributed by atoms with van der Waals surface area (Å²) in [5, 5.41) is 10.6. The molecule has 88 valence electrons. The number of hydrogen-bond acceptors (Lipinski definition) is 4. The minimum Gasteiger partial charge on any atom is -0.349 e. The first-order valence-electron chi connectivity index (χ1n) is 5.31. The van der Waals surface area contributed by atoms with Crippen molar-refractivity contribution in [2.75, 3.05) is 6.54 Å². The summed E-state index contributed by atoms with van der Waals surface area (Å²) in [6, 6.07) is 0. The average Bonchev–Trinajstić information content (AvgIpc) is 2.92. The van der Waals surface area contributed by atoms with Gasteiger partial charge in [0.1, 0.15) is 0 Å². The van der Waals surface area contributed by atoms with Crippen molar-refractivity contribution < 1.29 is 4.79 Å². The van der Waals surface area contributed by atoms with E-state index in [9.17, 15) is 4.79 Å². The van der Waals surface area contributed by atoms with Gasteiger partial charge < -0.3 is 5.32 Å². The highest BCUT2D eigenvalue weighted by Crippen LogP contribution is 2.51. The van der Waals surface area contributed by atoms with Gasteiger partial charge in [-0.1, -0.05) is 25.2 Å². The molecule has 0 radical (unpaired) electrons. The number of rotatable bonds is 4. The Kier molecular flexibility index (Phi) is 3.17. The van der Waals surface area contributed by atoms with Gasteiger partial charge in [0.15, 0.2) is 0 Å². The minimum absolute atomic E-state index is 0.170. The van der Waals surface area contributed by atoms with E-state index in [4.69, 9.17) is 11.6 Å². The maximum Gasteiger partial charge on any atom is 0.282 e. The maximum atomic E-state index is 11.7. The number of nitrogens with zero attached hydrogens (tertiary/aromatic N) is 2. The van der Waals surface area contributed by atoms with Gasteiger partial charge in [-0.2, -0.15) is 0 Å².